The maximum absolute atomic E-state index is 6.28. The fraction of sp³-hybridized carbons (Fsp3) is 0.368. The van der Waals surface area contributed by atoms with Gasteiger partial charge in [0, 0.05) is 23.2 Å². The Bertz CT molecular complexity index is 848. The quantitative estimate of drug-likeness (QED) is 0.752. The van der Waals surface area contributed by atoms with Crippen molar-refractivity contribution in [2.75, 3.05) is 13.1 Å². The van der Waals surface area contributed by atoms with Crippen LogP contribution in [0.15, 0.2) is 40.9 Å². The summed E-state index contributed by atoms with van der Waals surface area (Å²) >= 11 is 6.28. The van der Waals surface area contributed by atoms with Crippen LogP contribution in [0.25, 0.3) is 11.3 Å². The molecule has 0 atom stereocenters. The highest BCUT2D eigenvalue weighted by molar-refractivity contribution is 6.33. The Labute approximate surface area is 152 Å². The molecule has 0 unspecified atom stereocenters. The molecule has 5 nitrogen and oxygen atoms in total. The smallest absolute Gasteiger partial charge is 0.150 e. The summed E-state index contributed by atoms with van der Waals surface area (Å²) in [4.78, 5) is 2.42. The van der Waals surface area contributed by atoms with E-state index in [1.807, 2.05) is 37.3 Å². The second kappa shape index (κ2) is 7.02. The molecule has 2 aromatic heterocycles. The number of benzene rings is 1. The van der Waals surface area contributed by atoms with Gasteiger partial charge < -0.3 is 4.52 Å². The van der Waals surface area contributed by atoms with Gasteiger partial charge in [-0.05, 0) is 45.0 Å². The average Bonchev–Trinajstić information content (AvgIpc) is 3.25. The number of aromatic nitrogens is 3. The molecule has 1 aromatic carbocycles. The number of hydrogen-bond acceptors (Lipinski definition) is 4. The number of likely N-dealkylation sites (tertiary alicyclic amines) is 1. The van der Waals surface area contributed by atoms with Crippen molar-refractivity contribution in [3.05, 3.63) is 58.6 Å². The van der Waals surface area contributed by atoms with Crippen molar-refractivity contribution in [3.8, 4) is 11.3 Å². The van der Waals surface area contributed by atoms with Crippen LogP contribution in [-0.4, -0.2) is 33.3 Å². The van der Waals surface area contributed by atoms with E-state index in [2.05, 4.69) is 26.3 Å². The zero-order chi connectivity index (χ0) is 17.2. The summed E-state index contributed by atoms with van der Waals surface area (Å²) in [5.41, 5.74) is 4.03. The predicted molar refractivity (Wildman–Crippen MR) is 97.5 cm³/mol. The van der Waals surface area contributed by atoms with Crippen LogP contribution < -0.4 is 0 Å². The molecule has 0 bridgehead atoms. The van der Waals surface area contributed by atoms with E-state index in [9.17, 15) is 0 Å². The summed E-state index contributed by atoms with van der Waals surface area (Å²) in [6, 6.07) is 12.0. The van der Waals surface area contributed by atoms with Crippen LogP contribution in [0.2, 0.25) is 5.02 Å². The van der Waals surface area contributed by atoms with Crippen LogP contribution in [-0.2, 0) is 6.54 Å². The molecule has 0 saturated carbocycles. The molecule has 3 aromatic rings. The van der Waals surface area contributed by atoms with Crippen molar-refractivity contribution in [1.29, 1.82) is 0 Å². The molecule has 130 valence electrons. The molecule has 0 radical (unpaired) electrons. The zero-order valence-electron chi connectivity index (χ0n) is 14.2. The molecule has 1 N–H and O–H groups in total. The van der Waals surface area contributed by atoms with E-state index in [1.54, 1.807) is 0 Å². The minimum atomic E-state index is 0.511. The highest BCUT2D eigenvalue weighted by Gasteiger charge is 2.23. The number of nitrogens with zero attached hydrogens (tertiary/aromatic N) is 3. The first-order valence-corrected chi connectivity index (χ1v) is 9.01. The summed E-state index contributed by atoms with van der Waals surface area (Å²) in [6.45, 7) is 4.88. The lowest BCUT2D eigenvalue weighted by Gasteiger charge is -2.30. The molecule has 1 aliphatic heterocycles. The number of H-pyrrole nitrogens is 1. The first-order valence-electron chi connectivity index (χ1n) is 8.64. The highest BCUT2D eigenvalue weighted by Crippen LogP contribution is 2.32. The van der Waals surface area contributed by atoms with Gasteiger partial charge in [0.2, 0.25) is 0 Å². The van der Waals surface area contributed by atoms with Crippen molar-refractivity contribution in [2.45, 2.75) is 32.2 Å². The first kappa shape index (κ1) is 16.4. The van der Waals surface area contributed by atoms with Crippen LogP contribution in [0.4, 0.5) is 0 Å². The minimum Gasteiger partial charge on any atom is -0.360 e. The molecule has 1 aliphatic rings. The first-order chi connectivity index (χ1) is 12.2. The van der Waals surface area contributed by atoms with Crippen LogP contribution in [0.1, 0.15) is 35.9 Å². The minimum absolute atomic E-state index is 0.511. The fourth-order valence-corrected chi connectivity index (χ4v) is 3.70. The fourth-order valence-electron chi connectivity index (χ4n) is 3.47. The number of hydrogen-bond donors (Lipinski definition) is 1. The van der Waals surface area contributed by atoms with E-state index in [1.165, 1.54) is 5.69 Å². The van der Waals surface area contributed by atoms with Crippen molar-refractivity contribution >= 4 is 11.6 Å². The molecular formula is C19H21ClN4O. The van der Waals surface area contributed by atoms with Gasteiger partial charge in [-0.2, -0.15) is 5.10 Å². The topological polar surface area (TPSA) is 58.0 Å². The number of rotatable bonds is 4. The Morgan fingerprint density at radius 3 is 2.76 bits per heavy atom. The van der Waals surface area contributed by atoms with Crippen molar-refractivity contribution in [3.63, 3.8) is 0 Å². The van der Waals surface area contributed by atoms with E-state index in [0.717, 1.165) is 60.2 Å². The summed E-state index contributed by atoms with van der Waals surface area (Å²) in [6.07, 6.45) is 2.22. The Morgan fingerprint density at radius 2 is 2.04 bits per heavy atom. The molecule has 0 spiro atoms. The summed E-state index contributed by atoms with van der Waals surface area (Å²) in [7, 11) is 0. The molecule has 1 saturated heterocycles. The second-order valence-corrected chi connectivity index (χ2v) is 7.08. The van der Waals surface area contributed by atoms with Gasteiger partial charge in [0.05, 0.1) is 23.0 Å². The standard InChI is InChI=1S/C19H21ClN4O/c1-13-10-15(25-23-13)12-24-8-6-14(7-9-24)18-11-19(22-21-18)16-4-2-3-5-17(16)20/h2-5,10-11,14H,6-9,12H2,1H3,(H,21,22). The van der Waals surface area contributed by atoms with Gasteiger partial charge in [-0.3, -0.25) is 10.00 Å². The van der Waals surface area contributed by atoms with Crippen LogP contribution in [0.5, 0.6) is 0 Å². The molecule has 4 rings (SSSR count). The highest BCUT2D eigenvalue weighted by atomic mass is 35.5. The lowest BCUT2D eigenvalue weighted by atomic mass is 9.93. The second-order valence-electron chi connectivity index (χ2n) is 6.67. The number of piperidine rings is 1. The van der Waals surface area contributed by atoms with Crippen molar-refractivity contribution < 1.29 is 4.52 Å². The molecule has 6 heteroatoms. The van der Waals surface area contributed by atoms with Gasteiger partial charge in [-0.25, -0.2) is 0 Å². The monoisotopic (exact) mass is 356 g/mol. The Kier molecular flexibility index (Phi) is 4.59. The van der Waals surface area contributed by atoms with E-state index in [-0.39, 0.29) is 0 Å². The SMILES string of the molecule is Cc1cc(CN2CCC(c3cc(-c4ccccc4Cl)n[nH]3)CC2)on1. The molecule has 3 heterocycles. The maximum Gasteiger partial charge on any atom is 0.150 e. The van der Waals surface area contributed by atoms with E-state index >= 15 is 0 Å². The third-order valence-electron chi connectivity index (χ3n) is 4.83. The van der Waals surface area contributed by atoms with Gasteiger partial charge in [-0.1, -0.05) is 35.0 Å². The molecule has 25 heavy (non-hydrogen) atoms. The summed E-state index contributed by atoms with van der Waals surface area (Å²) < 4.78 is 5.32. The molecule has 0 aliphatic carbocycles. The third-order valence-corrected chi connectivity index (χ3v) is 5.16. The largest absolute Gasteiger partial charge is 0.360 e. The Balaban J connectivity index is 1.39. The number of nitrogens with one attached hydrogen (secondary N) is 1. The number of halogens is 1. The number of aryl methyl sites for hydroxylation is 1. The van der Waals surface area contributed by atoms with Gasteiger partial charge in [-0.15, -0.1) is 0 Å². The maximum atomic E-state index is 6.28. The molecule has 1 fully saturated rings. The number of aromatic amines is 1. The summed E-state index contributed by atoms with van der Waals surface area (Å²) in [5, 5.41) is 12.4. The average molecular weight is 357 g/mol. The van der Waals surface area contributed by atoms with E-state index < -0.39 is 0 Å². The normalized spacial score (nSPS) is 16.4. The Hall–Kier alpha value is -2.11. The van der Waals surface area contributed by atoms with E-state index in [0.29, 0.717) is 5.92 Å². The van der Waals surface area contributed by atoms with Crippen LogP contribution in [0, 0.1) is 6.92 Å². The Morgan fingerprint density at radius 1 is 1.24 bits per heavy atom. The van der Waals surface area contributed by atoms with Crippen molar-refractivity contribution in [1.82, 2.24) is 20.3 Å². The van der Waals surface area contributed by atoms with Crippen LogP contribution in [0.3, 0.4) is 0 Å². The lowest BCUT2D eigenvalue weighted by molar-refractivity contribution is 0.183. The third kappa shape index (κ3) is 3.62. The predicted octanol–water partition coefficient (Wildman–Crippen LogP) is 4.41. The van der Waals surface area contributed by atoms with Gasteiger partial charge in [0.25, 0.3) is 0 Å². The summed E-state index contributed by atoms with van der Waals surface area (Å²) in [5.74, 6) is 1.45. The van der Waals surface area contributed by atoms with Crippen molar-refractivity contribution in [2.24, 2.45) is 0 Å². The van der Waals surface area contributed by atoms with Gasteiger partial charge in [0.1, 0.15) is 0 Å². The molecular weight excluding hydrogens is 336 g/mol. The van der Waals surface area contributed by atoms with Gasteiger partial charge in [0.15, 0.2) is 5.76 Å². The molecule has 0 amide bonds. The van der Waals surface area contributed by atoms with E-state index in [4.69, 9.17) is 16.1 Å². The van der Waals surface area contributed by atoms with Gasteiger partial charge >= 0.3 is 0 Å². The lowest BCUT2D eigenvalue weighted by Crippen LogP contribution is -2.32. The van der Waals surface area contributed by atoms with Crippen LogP contribution >= 0.6 is 11.6 Å². The zero-order valence-corrected chi connectivity index (χ0v) is 15.0.